The highest BCUT2D eigenvalue weighted by molar-refractivity contribution is 7.88. The van der Waals surface area contributed by atoms with Gasteiger partial charge in [-0.25, -0.2) is 13.1 Å². The summed E-state index contributed by atoms with van der Waals surface area (Å²) in [6.07, 6.45) is 1.09. The third-order valence-electron chi connectivity index (χ3n) is 1.59. The summed E-state index contributed by atoms with van der Waals surface area (Å²) in [6, 6.07) is 3.15. The van der Waals surface area contributed by atoms with E-state index >= 15 is 0 Å². The highest BCUT2D eigenvalue weighted by Crippen LogP contribution is 2.04. The summed E-state index contributed by atoms with van der Waals surface area (Å²) in [5.41, 5.74) is 1.39. The fourth-order valence-corrected chi connectivity index (χ4v) is 1.52. The van der Waals surface area contributed by atoms with Gasteiger partial charge >= 0.3 is 6.01 Å². The number of aromatic nitrogens is 2. The number of hydrogen-bond acceptors (Lipinski definition) is 5. The van der Waals surface area contributed by atoms with Gasteiger partial charge in [-0.15, -0.1) is 0 Å². The van der Waals surface area contributed by atoms with E-state index in [9.17, 15) is 8.42 Å². The second kappa shape index (κ2) is 5.22. The van der Waals surface area contributed by atoms with Crippen LogP contribution in [0.15, 0.2) is 0 Å². The Kier molecular flexibility index (Phi) is 4.19. The Morgan fingerprint density at radius 3 is 2.38 bits per heavy atom. The van der Waals surface area contributed by atoms with Gasteiger partial charge in [-0.05, 0) is 13.8 Å². The topological polar surface area (TPSA) is 81.2 Å². The van der Waals surface area contributed by atoms with Crippen molar-refractivity contribution in [3.8, 4) is 6.01 Å². The van der Waals surface area contributed by atoms with Crippen LogP contribution in [-0.2, 0) is 10.0 Å². The van der Waals surface area contributed by atoms with Crippen LogP contribution in [0.4, 0.5) is 0 Å². The van der Waals surface area contributed by atoms with Crippen molar-refractivity contribution in [2.45, 2.75) is 13.8 Å². The number of nitrogens with one attached hydrogen (secondary N) is 1. The lowest BCUT2D eigenvalue weighted by Gasteiger charge is -2.05. The van der Waals surface area contributed by atoms with E-state index in [1.807, 2.05) is 0 Å². The van der Waals surface area contributed by atoms with Crippen LogP contribution in [-0.4, -0.2) is 37.8 Å². The van der Waals surface area contributed by atoms with E-state index in [0.717, 1.165) is 6.26 Å². The van der Waals surface area contributed by atoms with Gasteiger partial charge in [0, 0.05) is 12.6 Å². The van der Waals surface area contributed by atoms with E-state index in [0.29, 0.717) is 11.4 Å². The summed E-state index contributed by atoms with van der Waals surface area (Å²) in [5.74, 6) is 0. The third kappa shape index (κ3) is 5.04. The average Bonchev–Trinajstić information content (AvgIpc) is 2.09. The summed E-state index contributed by atoms with van der Waals surface area (Å²) >= 11 is 0. The number of aryl methyl sites for hydroxylation is 2. The molecule has 0 saturated heterocycles. The molecular formula is C9H14N3O3S. The van der Waals surface area contributed by atoms with Gasteiger partial charge < -0.3 is 4.74 Å². The SMILES string of the molecule is Cc1[c]c(C)nc(OCCNS(C)(=O)=O)n1. The predicted octanol–water partition coefficient (Wildman–Crippen LogP) is -0.178. The molecule has 0 saturated carbocycles. The van der Waals surface area contributed by atoms with Gasteiger partial charge in [0.15, 0.2) is 0 Å². The second-order valence-corrected chi connectivity index (χ2v) is 5.15. The Hall–Kier alpha value is -1.21. The second-order valence-electron chi connectivity index (χ2n) is 3.32. The molecule has 89 valence electrons. The zero-order chi connectivity index (χ0) is 12.2. The van der Waals surface area contributed by atoms with Crippen LogP contribution in [0.1, 0.15) is 11.4 Å². The van der Waals surface area contributed by atoms with Gasteiger partial charge in [0.2, 0.25) is 10.0 Å². The molecule has 0 unspecified atom stereocenters. The first-order valence-corrected chi connectivity index (χ1v) is 6.58. The first kappa shape index (κ1) is 12.9. The molecule has 1 aromatic rings. The highest BCUT2D eigenvalue weighted by atomic mass is 32.2. The Morgan fingerprint density at radius 1 is 1.31 bits per heavy atom. The molecule has 0 spiro atoms. The van der Waals surface area contributed by atoms with Crippen molar-refractivity contribution in [1.82, 2.24) is 14.7 Å². The van der Waals surface area contributed by atoms with E-state index in [1.54, 1.807) is 13.8 Å². The predicted molar refractivity (Wildman–Crippen MR) is 58.7 cm³/mol. The fourth-order valence-electron chi connectivity index (χ4n) is 1.06. The lowest BCUT2D eigenvalue weighted by Crippen LogP contribution is -2.27. The van der Waals surface area contributed by atoms with Crippen LogP contribution in [0.2, 0.25) is 0 Å². The standard InChI is InChI=1S/C9H14N3O3S/c1-7-6-8(2)12-9(11-7)15-5-4-10-16(3,13)14/h10H,4-5H2,1-3H3. The maximum Gasteiger partial charge on any atom is 0.316 e. The van der Waals surface area contributed by atoms with Crippen molar-refractivity contribution in [2.75, 3.05) is 19.4 Å². The molecule has 0 bridgehead atoms. The van der Waals surface area contributed by atoms with Crippen LogP contribution >= 0.6 is 0 Å². The van der Waals surface area contributed by atoms with Crippen LogP contribution in [0, 0.1) is 19.9 Å². The molecule has 0 aliphatic carbocycles. The zero-order valence-corrected chi connectivity index (χ0v) is 10.3. The van der Waals surface area contributed by atoms with Crippen molar-refractivity contribution in [2.24, 2.45) is 0 Å². The molecule has 6 nitrogen and oxygen atoms in total. The highest BCUT2D eigenvalue weighted by Gasteiger charge is 2.02. The molecule has 1 rings (SSSR count). The molecule has 1 heterocycles. The summed E-state index contributed by atoms with van der Waals surface area (Å²) in [6.45, 7) is 3.96. The van der Waals surface area contributed by atoms with Crippen LogP contribution in [0.3, 0.4) is 0 Å². The minimum Gasteiger partial charge on any atom is -0.462 e. The summed E-state index contributed by atoms with van der Waals surface area (Å²) in [4.78, 5) is 8.00. The summed E-state index contributed by atoms with van der Waals surface area (Å²) < 4.78 is 29.0. The van der Waals surface area contributed by atoms with Gasteiger partial charge in [-0.2, -0.15) is 9.97 Å². The van der Waals surface area contributed by atoms with Crippen molar-refractivity contribution in [3.63, 3.8) is 0 Å². The molecule has 0 amide bonds. The largest absolute Gasteiger partial charge is 0.462 e. The maximum absolute atomic E-state index is 10.7. The van der Waals surface area contributed by atoms with E-state index in [4.69, 9.17) is 4.74 Å². The molecular weight excluding hydrogens is 230 g/mol. The van der Waals surface area contributed by atoms with Crippen LogP contribution in [0.5, 0.6) is 6.01 Å². The molecule has 1 N–H and O–H groups in total. The van der Waals surface area contributed by atoms with Crippen molar-refractivity contribution in [3.05, 3.63) is 17.5 Å². The van der Waals surface area contributed by atoms with E-state index in [1.165, 1.54) is 0 Å². The number of rotatable bonds is 5. The molecule has 16 heavy (non-hydrogen) atoms. The Bertz CT molecular complexity index is 439. The first-order valence-electron chi connectivity index (χ1n) is 4.69. The quantitative estimate of drug-likeness (QED) is 0.727. The molecule has 0 aliphatic rings. The van der Waals surface area contributed by atoms with E-state index in [-0.39, 0.29) is 19.2 Å². The lowest BCUT2D eigenvalue weighted by molar-refractivity contribution is 0.296. The maximum atomic E-state index is 10.7. The van der Waals surface area contributed by atoms with E-state index in [2.05, 4.69) is 20.8 Å². The number of ether oxygens (including phenoxy) is 1. The summed E-state index contributed by atoms with van der Waals surface area (Å²) in [5, 5.41) is 0. The summed E-state index contributed by atoms with van der Waals surface area (Å²) in [7, 11) is -3.17. The van der Waals surface area contributed by atoms with Gasteiger partial charge in [-0.1, -0.05) is 0 Å². The van der Waals surface area contributed by atoms with Gasteiger partial charge in [0.25, 0.3) is 0 Å². The number of sulfonamides is 1. The van der Waals surface area contributed by atoms with Crippen molar-refractivity contribution < 1.29 is 13.2 Å². The Labute approximate surface area is 95.1 Å². The average molecular weight is 244 g/mol. The lowest BCUT2D eigenvalue weighted by atomic mass is 10.4. The fraction of sp³-hybridized carbons (Fsp3) is 0.556. The molecule has 7 heteroatoms. The number of hydrogen-bond donors (Lipinski definition) is 1. The van der Waals surface area contributed by atoms with Gasteiger partial charge in [-0.3, -0.25) is 0 Å². The van der Waals surface area contributed by atoms with Crippen LogP contribution < -0.4 is 9.46 Å². The van der Waals surface area contributed by atoms with Gasteiger partial charge in [0.1, 0.15) is 6.61 Å². The minimum atomic E-state index is -3.17. The van der Waals surface area contributed by atoms with Crippen molar-refractivity contribution >= 4 is 10.0 Å². The van der Waals surface area contributed by atoms with E-state index < -0.39 is 10.0 Å². The zero-order valence-electron chi connectivity index (χ0n) is 9.44. The molecule has 0 atom stereocenters. The van der Waals surface area contributed by atoms with Crippen molar-refractivity contribution in [1.29, 1.82) is 0 Å². The third-order valence-corrected chi connectivity index (χ3v) is 2.31. The van der Waals surface area contributed by atoms with Gasteiger partial charge in [0.05, 0.1) is 17.6 Å². The Morgan fingerprint density at radius 2 is 1.88 bits per heavy atom. The normalized spacial score (nSPS) is 11.4. The molecule has 1 aromatic heterocycles. The molecule has 1 radical (unpaired) electrons. The molecule has 0 fully saturated rings. The monoisotopic (exact) mass is 244 g/mol. The first-order chi connectivity index (χ1) is 7.37. The minimum absolute atomic E-state index is 0.190. The smallest absolute Gasteiger partial charge is 0.316 e. The number of nitrogens with zero attached hydrogens (tertiary/aromatic N) is 2. The Balaban J connectivity index is 2.43. The molecule has 0 aliphatic heterocycles. The molecule has 0 aromatic carbocycles. The van der Waals surface area contributed by atoms with Crippen LogP contribution in [0.25, 0.3) is 0 Å².